The van der Waals surface area contributed by atoms with Crippen LogP contribution in [-0.2, 0) is 4.74 Å². The minimum Gasteiger partial charge on any atom is -0.492 e. The molecule has 1 aliphatic heterocycles. The molecule has 1 saturated heterocycles. The zero-order chi connectivity index (χ0) is 13.7. The molecule has 0 unspecified atom stereocenters. The van der Waals surface area contributed by atoms with Crippen molar-refractivity contribution in [2.75, 3.05) is 26.8 Å². The van der Waals surface area contributed by atoms with Gasteiger partial charge in [-0.25, -0.2) is 9.18 Å². The van der Waals surface area contributed by atoms with E-state index in [1.54, 1.807) is 0 Å². The van der Waals surface area contributed by atoms with Crippen molar-refractivity contribution in [3.63, 3.8) is 0 Å². The van der Waals surface area contributed by atoms with Crippen molar-refractivity contribution in [3.05, 3.63) is 29.6 Å². The molecule has 0 saturated carbocycles. The first kappa shape index (κ1) is 16.7. The van der Waals surface area contributed by atoms with Gasteiger partial charge in [0.1, 0.15) is 17.1 Å². The van der Waals surface area contributed by atoms with E-state index in [1.807, 2.05) is 0 Å². The van der Waals surface area contributed by atoms with Gasteiger partial charge in [-0.1, -0.05) is 0 Å². The summed E-state index contributed by atoms with van der Waals surface area (Å²) >= 11 is 0. The molecule has 20 heavy (non-hydrogen) atoms. The smallest absolute Gasteiger partial charge is 0.341 e. The van der Waals surface area contributed by atoms with E-state index < -0.39 is 11.8 Å². The van der Waals surface area contributed by atoms with E-state index in [2.05, 4.69) is 10.1 Å². The molecule has 0 radical (unpaired) electrons. The van der Waals surface area contributed by atoms with Crippen LogP contribution in [0.2, 0.25) is 0 Å². The van der Waals surface area contributed by atoms with E-state index in [-0.39, 0.29) is 18.0 Å². The predicted molar refractivity (Wildman–Crippen MR) is 76.1 cm³/mol. The SMILES string of the molecule is COC(=O)c1cc(F)ccc1OC[C@H]1CCCNC1.Cl. The minimum absolute atomic E-state index is 0. The van der Waals surface area contributed by atoms with Gasteiger partial charge in [0.05, 0.1) is 13.7 Å². The summed E-state index contributed by atoms with van der Waals surface area (Å²) in [5.41, 5.74) is 0.131. The topological polar surface area (TPSA) is 47.6 Å². The lowest BCUT2D eigenvalue weighted by molar-refractivity contribution is 0.0594. The van der Waals surface area contributed by atoms with Gasteiger partial charge in [-0.15, -0.1) is 12.4 Å². The van der Waals surface area contributed by atoms with E-state index in [4.69, 9.17) is 4.74 Å². The summed E-state index contributed by atoms with van der Waals surface area (Å²) in [6, 6.07) is 3.89. The fraction of sp³-hybridized carbons (Fsp3) is 0.500. The predicted octanol–water partition coefficient (Wildman–Crippen LogP) is 2.41. The summed E-state index contributed by atoms with van der Waals surface area (Å²) in [6.07, 6.45) is 2.23. The van der Waals surface area contributed by atoms with Gasteiger partial charge in [-0.3, -0.25) is 0 Å². The highest BCUT2D eigenvalue weighted by atomic mass is 35.5. The van der Waals surface area contributed by atoms with E-state index in [0.29, 0.717) is 18.3 Å². The van der Waals surface area contributed by atoms with Gasteiger partial charge in [0.2, 0.25) is 0 Å². The quantitative estimate of drug-likeness (QED) is 0.868. The van der Waals surface area contributed by atoms with E-state index >= 15 is 0 Å². The lowest BCUT2D eigenvalue weighted by Gasteiger charge is -2.23. The van der Waals surface area contributed by atoms with E-state index in [0.717, 1.165) is 32.0 Å². The Morgan fingerprint density at radius 2 is 2.30 bits per heavy atom. The van der Waals surface area contributed by atoms with Crippen molar-refractivity contribution in [1.29, 1.82) is 0 Å². The Kier molecular flexibility index (Phi) is 6.75. The molecule has 1 aromatic carbocycles. The van der Waals surface area contributed by atoms with Crippen LogP contribution in [-0.4, -0.2) is 32.8 Å². The minimum atomic E-state index is -0.587. The summed E-state index contributed by atoms with van der Waals surface area (Å²) in [6.45, 7) is 2.47. The first-order valence-electron chi connectivity index (χ1n) is 6.42. The van der Waals surface area contributed by atoms with Crippen molar-refractivity contribution >= 4 is 18.4 Å². The third-order valence-electron chi connectivity index (χ3n) is 3.22. The number of halogens is 2. The summed E-state index contributed by atoms with van der Waals surface area (Å²) in [7, 11) is 1.27. The second kappa shape index (κ2) is 8.07. The highest BCUT2D eigenvalue weighted by Gasteiger charge is 2.17. The second-order valence-corrected chi connectivity index (χ2v) is 4.66. The molecule has 0 aromatic heterocycles. The number of benzene rings is 1. The average molecular weight is 304 g/mol. The second-order valence-electron chi connectivity index (χ2n) is 4.66. The Hall–Kier alpha value is -1.33. The van der Waals surface area contributed by atoms with Crippen LogP contribution in [0, 0.1) is 11.7 Å². The van der Waals surface area contributed by atoms with Crippen LogP contribution in [0.5, 0.6) is 5.75 Å². The van der Waals surface area contributed by atoms with Crippen molar-refractivity contribution in [2.45, 2.75) is 12.8 Å². The fourth-order valence-corrected chi connectivity index (χ4v) is 2.17. The number of nitrogens with one attached hydrogen (secondary N) is 1. The normalized spacial score (nSPS) is 18.0. The molecular weight excluding hydrogens is 285 g/mol. The third-order valence-corrected chi connectivity index (χ3v) is 3.22. The molecule has 2 rings (SSSR count). The molecule has 0 bridgehead atoms. The molecule has 4 nitrogen and oxygen atoms in total. The first-order valence-corrected chi connectivity index (χ1v) is 6.42. The van der Waals surface area contributed by atoms with Gasteiger partial charge in [0.25, 0.3) is 0 Å². The lowest BCUT2D eigenvalue weighted by Crippen LogP contribution is -2.33. The number of carbonyl (C=O) groups excluding carboxylic acids is 1. The van der Waals surface area contributed by atoms with Crippen molar-refractivity contribution in [1.82, 2.24) is 5.32 Å². The van der Waals surface area contributed by atoms with Crippen LogP contribution < -0.4 is 10.1 Å². The van der Waals surface area contributed by atoms with Gasteiger partial charge < -0.3 is 14.8 Å². The molecule has 0 amide bonds. The fourth-order valence-electron chi connectivity index (χ4n) is 2.17. The van der Waals surface area contributed by atoms with Crippen LogP contribution in [0.25, 0.3) is 0 Å². The summed E-state index contributed by atoms with van der Waals surface area (Å²) < 4.78 is 23.4. The average Bonchev–Trinajstić information content (AvgIpc) is 2.46. The maximum Gasteiger partial charge on any atom is 0.341 e. The van der Waals surface area contributed by atoms with Crippen LogP contribution in [0.15, 0.2) is 18.2 Å². The molecule has 6 heteroatoms. The third kappa shape index (κ3) is 4.35. The van der Waals surface area contributed by atoms with Crippen molar-refractivity contribution in [2.24, 2.45) is 5.92 Å². The number of hydrogen-bond acceptors (Lipinski definition) is 4. The Labute approximate surface area is 124 Å². The summed E-state index contributed by atoms with van der Waals surface area (Å²) in [5.74, 6) is -0.272. The molecule has 1 aliphatic rings. The zero-order valence-corrected chi connectivity index (χ0v) is 12.2. The highest BCUT2D eigenvalue weighted by Crippen LogP contribution is 2.22. The molecule has 1 fully saturated rings. The molecule has 1 heterocycles. The molecule has 1 aromatic rings. The first-order chi connectivity index (χ1) is 9.20. The largest absolute Gasteiger partial charge is 0.492 e. The number of piperidine rings is 1. The van der Waals surface area contributed by atoms with Crippen molar-refractivity contribution in [3.8, 4) is 5.75 Å². The number of hydrogen-bond donors (Lipinski definition) is 1. The maximum absolute atomic E-state index is 13.2. The zero-order valence-electron chi connectivity index (χ0n) is 11.4. The van der Waals surface area contributed by atoms with E-state index in [9.17, 15) is 9.18 Å². The van der Waals surface area contributed by atoms with Gasteiger partial charge in [0.15, 0.2) is 0 Å². The molecule has 1 atom stereocenters. The molecule has 1 N–H and O–H groups in total. The Morgan fingerprint density at radius 3 is 2.95 bits per heavy atom. The maximum atomic E-state index is 13.2. The summed E-state index contributed by atoms with van der Waals surface area (Å²) in [5, 5.41) is 3.30. The van der Waals surface area contributed by atoms with Gasteiger partial charge >= 0.3 is 5.97 Å². The standard InChI is InChI=1S/C14H18FNO3.ClH/c1-18-14(17)12-7-11(15)4-5-13(12)19-9-10-3-2-6-16-8-10;/h4-5,7,10,16H,2-3,6,8-9H2,1H3;1H/t10-;/m0./s1. The van der Waals surface area contributed by atoms with Crippen LogP contribution in [0.4, 0.5) is 4.39 Å². The van der Waals surface area contributed by atoms with Gasteiger partial charge in [-0.2, -0.15) is 0 Å². The monoisotopic (exact) mass is 303 g/mol. The number of rotatable bonds is 4. The Balaban J connectivity index is 0.00000200. The lowest BCUT2D eigenvalue weighted by atomic mass is 10.0. The Bertz CT molecular complexity index is 450. The van der Waals surface area contributed by atoms with Gasteiger partial charge in [0, 0.05) is 12.5 Å². The molecule has 0 aliphatic carbocycles. The number of carbonyl (C=O) groups is 1. The summed E-state index contributed by atoms with van der Waals surface area (Å²) in [4.78, 5) is 11.6. The molecular formula is C14H19ClFNO3. The van der Waals surface area contributed by atoms with Crippen molar-refractivity contribution < 1.29 is 18.7 Å². The molecule has 112 valence electrons. The van der Waals surface area contributed by atoms with Crippen LogP contribution in [0.3, 0.4) is 0 Å². The van der Waals surface area contributed by atoms with E-state index in [1.165, 1.54) is 19.2 Å². The molecule has 0 spiro atoms. The number of ether oxygens (including phenoxy) is 2. The van der Waals surface area contributed by atoms with Crippen LogP contribution >= 0.6 is 12.4 Å². The highest BCUT2D eigenvalue weighted by molar-refractivity contribution is 5.92. The Morgan fingerprint density at radius 1 is 1.50 bits per heavy atom. The number of esters is 1. The van der Waals surface area contributed by atoms with Gasteiger partial charge in [-0.05, 0) is 37.6 Å². The number of methoxy groups -OCH3 is 1. The van der Waals surface area contributed by atoms with Crippen LogP contribution in [0.1, 0.15) is 23.2 Å².